The van der Waals surface area contributed by atoms with Crippen LogP contribution in [-0.4, -0.2) is 20.9 Å². The summed E-state index contributed by atoms with van der Waals surface area (Å²) < 4.78 is 28.2. The minimum Gasteiger partial charge on any atom is -0.325 e. The minimum absolute atomic E-state index is 0.0585. The van der Waals surface area contributed by atoms with E-state index in [9.17, 15) is 13.2 Å². The number of rotatable bonds is 9. The van der Waals surface area contributed by atoms with E-state index >= 15 is 0 Å². The van der Waals surface area contributed by atoms with Gasteiger partial charge < -0.3 is 5.32 Å². The molecule has 0 heterocycles. The molecule has 4 aromatic rings. The van der Waals surface area contributed by atoms with Crippen molar-refractivity contribution in [2.24, 2.45) is 0 Å². The van der Waals surface area contributed by atoms with E-state index in [0.717, 1.165) is 21.2 Å². The van der Waals surface area contributed by atoms with Crippen molar-refractivity contribution in [2.45, 2.75) is 22.5 Å². The Morgan fingerprint density at radius 2 is 1.50 bits per heavy atom. The number of halogens is 1. The van der Waals surface area contributed by atoms with Crippen molar-refractivity contribution < 1.29 is 13.2 Å². The molecule has 0 aliphatic rings. The van der Waals surface area contributed by atoms with Crippen LogP contribution < -0.4 is 9.62 Å². The van der Waals surface area contributed by atoms with Gasteiger partial charge in [0.15, 0.2) is 0 Å². The van der Waals surface area contributed by atoms with Crippen molar-refractivity contribution in [3.8, 4) is 0 Å². The molecule has 184 valence electrons. The summed E-state index contributed by atoms with van der Waals surface area (Å²) >= 11 is 7.68. The van der Waals surface area contributed by atoms with Crippen molar-refractivity contribution in [3.63, 3.8) is 0 Å². The number of sulfonamides is 1. The van der Waals surface area contributed by atoms with Crippen LogP contribution in [0.3, 0.4) is 0 Å². The van der Waals surface area contributed by atoms with Crippen LogP contribution in [0.15, 0.2) is 113 Å². The monoisotopic (exact) mass is 536 g/mol. The minimum atomic E-state index is -4.01. The lowest BCUT2D eigenvalue weighted by molar-refractivity contribution is -0.114. The van der Waals surface area contributed by atoms with Gasteiger partial charge in [0, 0.05) is 21.4 Å². The largest absolute Gasteiger partial charge is 0.325 e. The molecule has 0 fully saturated rings. The van der Waals surface area contributed by atoms with Gasteiger partial charge in [-0.1, -0.05) is 60.1 Å². The SMILES string of the molecule is Cc1ccccc1N(CC(=O)Nc1ccc(CSc2ccccc2)cc1)S(=O)(=O)c1ccc(Cl)cc1. The van der Waals surface area contributed by atoms with E-state index in [2.05, 4.69) is 17.4 Å². The van der Waals surface area contributed by atoms with Crippen LogP contribution in [0.1, 0.15) is 11.1 Å². The Labute approximate surface area is 221 Å². The van der Waals surface area contributed by atoms with Crippen molar-refractivity contribution in [3.05, 3.63) is 119 Å². The van der Waals surface area contributed by atoms with Crippen LogP contribution in [0.4, 0.5) is 11.4 Å². The molecule has 5 nitrogen and oxygen atoms in total. The van der Waals surface area contributed by atoms with Crippen molar-refractivity contribution >= 4 is 50.7 Å². The molecule has 0 atom stereocenters. The molecule has 0 radical (unpaired) electrons. The van der Waals surface area contributed by atoms with Gasteiger partial charge in [-0.05, 0) is 72.6 Å². The van der Waals surface area contributed by atoms with Crippen LogP contribution in [0.2, 0.25) is 5.02 Å². The Balaban J connectivity index is 1.49. The van der Waals surface area contributed by atoms with E-state index in [1.807, 2.05) is 61.5 Å². The highest BCUT2D eigenvalue weighted by molar-refractivity contribution is 7.98. The molecule has 36 heavy (non-hydrogen) atoms. The first-order valence-electron chi connectivity index (χ1n) is 11.2. The van der Waals surface area contributed by atoms with E-state index in [1.165, 1.54) is 29.2 Å². The third-order valence-electron chi connectivity index (χ3n) is 5.46. The number of carbonyl (C=O) groups is 1. The number of nitrogens with one attached hydrogen (secondary N) is 1. The number of anilines is 2. The number of carbonyl (C=O) groups excluding carboxylic acids is 1. The van der Waals surface area contributed by atoms with E-state index in [-0.39, 0.29) is 11.4 Å². The number of benzene rings is 4. The fourth-order valence-electron chi connectivity index (χ4n) is 3.58. The number of nitrogens with zero attached hydrogens (tertiary/aromatic N) is 1. The first kappa shape index (κ1) is 25.8. The third-order valence-corrected chi connectivity index (χ3v) is 8.57. The molecular weight excluding hydrogens is 512 g/mol. The zero-order valence-corrected chi connectivity index (χ0v) is 22.0. The molecule has 0 aliphatic carbocycles. The summed E-state index contributed by atoms with van der Waals surface area (Å²) in [6.07, 6.45) is 0. The number of aryl methyl sites for hydroxylation is 1. The van der Waals surface area contributed by atoms with Gasteiger partial charge in [0.2, 0.25) is 5.91 Å². The molecule has 1 N–H and O–H groups in total. The van der Waals surface area contributed by atoms with Crippen LogP contribution in [0.25, 0.3) is 0 Å². The molecule has 4 rings (SSSR count). The number of hydrogen-bond acceptors (Lipinski definition) is 4. The highest BCUT2D eigenvalue weighted by Gasteiger charge is 2.28. The van der Waals surface area contributed by atoms with Gasteiger partial charge >= 0.3 is 0 Å². The van der Waals surface area contributed by atoms with Gasteiger partial charge in [-0.25, -0.2) is 8.42 Å². The standard InChI is InChI=1S/C28H25ClN2O3S2/c1-21-7-5-6-10-27(21)31(36(33,34)26-17-13-23(29)14-18-26)19-28(32)30-24-15-11-22(12-16-24)20-35-25-8-3-2-4-9-25/h2-18H,19-20H2,1H3,(H,30,32). The molecule has 8 heteroatoms. The second-order valence-electron chi connectivity index (χ2n) is 8.10. The lowest BCUT2D eigenvalue weighted by Crippen LogP contribution is -2.38. The normalized spacial score (nSPS) is 11.2. The molecule has 4 aromatic carbocycles. The van der Waals surface area contributed by atoms with Crippen LogP contribution in [0, 0.1) is 6.92 Å². The van der Waals surface area contributed by atoms with Crippen LogP contribution in [-0.2, 0) is 20.6 Å². The Morgan fingerprint density at radius 1 is 0.861 bits per heavy atom. The fourth-order valence-corrected chi connectivity index (χ4v) is 6.06. The zero-order valence-electron chi connectivity index (χ0n) is 19.6. The molecule has 0 aliphatic heterocycles. The molecule has 1 amide bonds. The maximum absolute atomic E-state index is 13.5. The van der Waals surface area contributed by atoms with Crippen molar-refractivity contribution in [2.75, 3.05) is 16.2 Å². The summed E-state index contributed by atoms with van der Waals surface area (Å²) in [7, 11) is -4.01. The summed E-state index contributed by atoms with van der Waals surface area (Å²) in [6, 6.07) is 30.7. The van der Waals surface area contributed by atoms with E-state index in [0.29, 0.717) is 16.4 Å². The molecule has 0 saturated carbocycles. The summed E-state index contributed by atoms with van der Waals surface area (Å²) in [5.41, 5.74) is 2.90. The smallest absolute Gasteiger partial charge is 0.264 e. The van der Waals surface area contributed by atoms with E-state index in [1.54, 1.807) is 23.9 Å². The summed E-state index contributed by atoms with van der Waals surface area (Å²) in [4.78, 5) is 14.2. The Hall–Kier alpha value is -3.26. The van der Waals surface area contributed by atoms with Gasteiger partial charge in [0.1, 0.15) is 6.54 Å². The fraction of sp³-hybridized carbons (Fsp3) is 0.107. The molecule has 0 bridgehead atoms. The average Bonchev–Trinajstić information content (AvgIpc) is 2.88. The van der Waals surface area contributed by atoms with Gasteiger partial charge in [-0.2, -0.15) is 0 Å². The molecule has 0 saturated heterocycles. The number of amides is 1. The molecule has 0 aromatic heterocycles. The number of hydrogen-bond donors (Lipinski definition) is 1. The predicted octanol–water partition coefficient (Wildman–Crippen LogP) is 6.77. The summed E-state index contributed by atoms with van der Waals surface area (Å²) in [5.74, 6) is 0.362. The molecule has 0 spiro atoms. The van der Waals surface area contributed by atoms with E-state index in [4.69, 9.17) is 11.6 Å². The summed E-state index contributed by atoms with van der Waals surface area (Å²) in [5, 5.41) is 3.25. The number of para-hydroxylation sites is 1. The average molecular weight is 537 g/mol. The van der Waals surface area contributed by atoms with Gasteiger partial charge in [-0.15, -0.1) is 11.8 Å². The quantitative estimate of drug-likeness (QED) is 0.240. The Kier molecular flexibility index (Phi) is 8.36. The predicted molar refractivity (Wildman–Crippen MR) is 148 cm³/mol. The first-order chi connectivity index (χ1) is 17.3. The lowest BCUT2D eigenvalue weighted by Gasteiger charge is -2.25. The second-order valence-corrected chi connectivity index (χ2v) is 11.4. The third kappa shape index (κ3) is 6.49. The maximum atomic E-state index is 13.5. The Morgan fingerprint density at radius 3 is 2.17 bits per heavy atom. The number of thioether (sulfide) groups is 1. The van der Waals surface area contributed by atoms with Gasteiger partial charge in [-0.3, -0.25) is 9.10 Å². The highest BCUT2D eigenvalue weighted by atomic mass is 35.5. The Bertz CT molecular complexity index is 1430. The lowest BCUT2D eigenvalue weighted by atomic mass is 10.2. The van der Waals surface area contributed by atoms with Crippen LogP contribution in [0.5, 0.6) is 0 Å². The zero-order chi connectivity index (χ0) is 25.5. The maximum Gasteiger partial charge on any atom is 0.264 e. The van der Waals surface area contributed by atoms with Gasteiger partial charge in [0.25, 0.3) is 10.0 Å². The first-order valence-corrected chi connectivity index (χ1v) is 14.0. The second kappa shape index (κ2) is 11.6. The highest BCUT2D eigenvalue weighted by Crippen LogP contribution is 2.28. The van der Waals surface area contributed by atoms with E-state index < -0.39 is 15.9 Å². The topological polar surface area (TPSA) is 66.5 Å². The van der Waals surface area contributed by atoms with Gasteiger partial charge in [0.05, 0.1) is 10.6 Å². The molecule has 0 unspecified atom stereocenters. The summed E-state index contributed by atoms with van der Waals surface area (Å²) in [6.45, 7) is 1.44. The van der Waals surface area contributed by atoms with Crippen molar-refractivity contribution in [1.82, 2.24) is 0 Å². The van der Waals surface area contributed by atoms with Crippen LogP contribution >= 0.6 is 23.4 Å². The molecular formula is C28H25ClN2O3S2. The van der Waals surface area contributed by atoms with Crippen molar-refractivity contribution in [1.29, 1.82) is 0 Å².